The van der Waals surface area contributed by atoms with E-state index in [-0.39, 0.29) is 48.9 Å². The van der Waals surface area contributed by atoms with E-state index >= 15 is 0 Å². The van der Waals surface area contributed by atoms with Crippen LogP contribution in [-0.4, -0.2) is 29.1 Å². The molecule has 1 N–H and O–H groups in total. The standard InChI is InChI=1S/C37H32GeNO.C13H24O2.Ir/c1-37(2,3)24-32-30-18-12-11-13-25(30)22-31-35-34-26(19-20-39-35)21-29(23-33(34)40-36(31)32)38(4,27-14-7-5-8-15-27)28-16-9-6-10-17-28;1-5-10(6-2)12(14)9-13(15)11(7-3)8-4;/h5-21,23H,24H2,1-4H3;9-11,14H,5-8H2,1-4H3;/q-1;;/b;12-9-;. The molecule has 0 saturated heterocycles. The maximum atomic E-state index is 11.7. The van der Waals surface area contributed by atoms with Gasteiger partial charge in [0.15, 0.2) is 5.78 Å². The molecule has 56 heavy (non-hydrogen) atoms. The number of carbonyl (C=O) groups excluding carboxylic acids is 1. The van der Waals surface area contributed by atoms with Gasteiger partial charge in [-0.15, -0.1) is 0 Å². The molecule has 5 aromatic carbocycles. The molecule has 2 heterocycles. The Morgan fingerprint density at radius 3 is 1.95 bits per heavy atom. The first kappa shape index (κ1) is 43.1. The van der Waals surface area contributed by atoms with Crippen LogP contribution in [0.15, 0.2) is 121 Å². The summed E-state index contributed by atoms with van der Waals surface area (Å²) in [5.41, 5.74) is 3.27. The summed E-state index contributed by atoms with van der Waals surface area (Å²) in [7, 11) is 0. The van der Waals surface area contributed by atoms with E-state index in [1.54, 1.807) is 0 Å². The molecule has 0 spiro atoms. The molecule has 0 unspecified atom stereocenters. The number of pyridine rings is 1. The van der Waals surface area contributed by atoms with Gasteiger partial charge in [-0.3, -0.25) is 4.79 Å². The van der Waals surface area contributed by atoms with E-state index in [0.29, 0.717) is 0 Å². The number of carbonyl (C=O) groups is 1. The average molecular weight is 984 g/mol. The van der Waals surface area contributed by atoms with E-state index in [2.05, 4.69) is 136 Å². The molecule has 293 valence electrons. The molecule has 0 fully saturated rings. The fraction of sp³-hybridized carbons (Fsp3) is 0.320. The Bertz CT molecular complexity index is 2270. The molecule has 7 rings (SSSR count). The van der Waals surface area contributed by atoms with E-state index in [0.717, 1.165) is 65.6 Å². The van der Waals surface area contributed by atoms with Crippen molar-refractivity contribution in [3.63, 3.8) is 0 Å². The summed E-state index contributed by atoms with van der Waals surface area (Å²) in [4.78, 5) is 16.7. The monoisotopic (exact) mass is 985 g/mol. The molecular formula is C50H56GeIrNO3-. The van der Waals surface area contributed by atoms with Crippen molar-refractivity contribution in [1.82, 2.24) is 4.98 Å². The van der Waals surface area contributed by atoms with Crippen molar-refractivity contribution in [1.29, 1.82) is 0 Å². The normalized spacial score (nSPS) is 12.5. The Balaban J connectivity index is 0.000000322. The number of hydrogen-bond acceptors (Lipinski definition) is 4. The Morgan fingerprint density at radius 2 is 1.38 bits per heavy atom. The SMILES string of the molecule is CC(C)(C)Cc1c2c([c-]c3ccccc13)-c1nccc3c[c]([Ge]([CH3])([c]4ccccc4)[c]4ccccc4)cc(c13)O2.CCC(CC)C(=O)/C=C(\O)C(CC)CC.[Ir]. The number of hydrogen-bond donors (Lipinski definition) is 1. The van der Waals surface area contributed by atoms with Crippen LogP contribution in [-0.2, 0) is 31.3 Å². The minimum Gasteiger partial charge on any atom is -0.512 e. The first-order valence-corrected chi connectivity index (χ1v) is 25.3. The zero-order chi connectivity index (χ0) is 39.3. The number of fused-ring (bicyclic) bond motifs is 3. The van der Waals surface area contributed by atoms with E-state index in [4.69, 9.17) is 9.72 Å². The van der Waals surface area contributed by atoms with Crippen LogP contribution in [0.1, 0.15) is 79.7 Å². The zero-order valence-corrected chi connectivity index (χ0v) is 38.7. The molecular weight excluding hydrogens is 927 g/mol. The van der Waals surface area contributed by atoms with E-state index in [1.807, 2.05) is 33.9 Å². The number of aliphatic hydroxyl groups is 1. The molecule has 0 saturated carbocycles. The summed E-state index contributed by atoms with van der Waals surface area (Å²) in [6, 6.07) is 41.2. The van der Waals surface area contributed by atoms with Gasteiger partial charge in [0.05, 0.1) is 5.76 Å². The molecule has 1 aromatic heterocycles. The maximum absolute atomic E-state index is 11.7. The van der Waals surface area contributed by atoms with Gasteiger partial charge in [-0.05, 0) is 25.7 Å². The summed E-state index contributed by atoms with van der Waals surface area (Å²) in [6.07, 6.45) is 7.75. The number of nitrogens with zero attached hydrogens (tertiary/aromatic N) is 1. The van der Waals surface area contributed by atoms with Gasteiger partial charge in [0, 0.05) is 38.0 Å². The zero-order valence-electron chi connectivity index (χ0n) is 34.2. The molecule has 0 aliphatic carbocycles. The summed E-state index contributed by atoms with van der Waals surface area (Å²) in [5, 5.41) is 14.3. The van der Waals surface area contributed by atoms with Crippen LogP contribution >= 0.6 is 0 Å². The topological polar surface area (TPSA) is 59.4 Å². The van der Waals surface area contributed by atoms with Gasteiger partial charge in [-0.25, -0.2) is 0 Å². The van der Waals surface area contributed by atoms with Gasteiger partial charge in [-0.2, -0.15) is 0 Å². The summed E-state index contributed by atoms with van der Waals surface area (Å²) in [6.45, 7) is 14.9. The Labute approximate surface area is 350 Å². The van der Waals surface area contributed by atoms with Crippen LogP contribution in [0, 0.1) is 23.3 Å². The van der Waals surface area contributed by atoms with Crippen LogP contribution in [0.25, 0.3) is 32.8 Å². The Hall–Kier alpha value is -4.03. The molecule has 0 atom stereocenters. The number of rotatable bonds is 11. The van der Waals surface area contributed by atoms with E-state index < -0.39 is 13.3 Å². The quantitative estimate of drug-likeness (QED) is 0.0607. The number of ether oxygens (including phenoxy) is 1. The number of allylic oxidation sites excluding steroid dienone is 2. The first-order valence-electron chi connectivity index (χ1n) is 20.1. The van der Waals surface area contributed by atoms with Gasteiger partial charge < -0.3 is 5.11 Å². The van der Waals surface area contributed by atoms with Crippen molar-refractivity contribution in [2.24, 2.45) is 17.3 Å². The fourth-order valence-electron chi connectivity index (χ4n) is 8.07. The van der Waals surface area contributed by atoms with Gasteiger partial charge in [0.1, 0.15) is 0 Å². The van der Waals surface area contributed by atoms with Gasteiger partial charge in [0.25, 0.3) is 0 Å². The molecule has 0 amide bonds. The summed E-state index contributed by atoms with van der Waals surface area (Å²) >= 11 is -3.02. The third kappa shape index (κ3) is 8.91. The second-order valence-corrected chi connectivity index (χ2v) is 24.6. The molecule has 4 nitrogen and oxygen atoms in total. The van der Waals surface area contributed by atoms with Crippen molar-refractivity contribution in [2.45, 2.75) is 86.3 Å². The Kier molecular flexibility index (Phi) is 14.2. The van der Waals surface area contributed by atoms with E-state index in [9.17, 15) is 9.90 Å². The van der Waals surface area contributed by atoms with Crippen molar-refractivity contribution >= 4 is 53.8 Å². The molecule has 1 aliphatic rings. The summed E-state index contributed by atoms with van der Waals surface area (Å²) in [5.74, 6) is 4.87. The van der Waals surface area contributed by atoms with Gasteiger partial charge >= 0.3 is 240 Å². The average Bonchev–Trinajstić information content (AvgIpc) is 3.19. The van der Waals surface area contributed by atoms with Crippen molar-refractivity contribution < 1.29 is 34.7 Å². The predicted molar refractivity (Wildman–Crippen MR) is 234 cm³/mol. The van der Waals surface area contributed by atoms with Crippen molar-refractivity contribution in [2.75, 3.05) is 0 Å². The Morgan fingerprint density at radius 1 is 0.804 bits per heavy atom. The van der Waals surface area contributed by atoms with Crippen LogP contribution in [0.5, 0.6) is 11.5 Å². The fourth-order valence-corrected chi connectivity index (χ4v) is 15.6. The molecule has 6 aromatic rings. The third-order valence-electron chi connectivity index (χ3n) is 11.4. The third-order valence-corrected chi connectivity index (χ3v) is 20.6. The number of ketones is 1. The second kappa shape index (κ2) is 18.5. The number of aromatic nitrogens is 1. The minimum atomic E-state index is -3.02. The van der Waals surface area contributed by atoms with Gasteiger partial charge in [0.2, 0.25) is 0 Å². The predicted octanol–water partition coefficient (Wildman–Crippen LogP) is 11.5. The molecule has 6 heteroatoms. The largest absolute Gasteiger partial charge is 0.512 e. The van der Waals surface area contributed by atoms with Crippen LogP contribution in [0.3, 0.4) is 0 Å². The van der Waals surface area contributed by atoms with Crippen molar-refractivity contribution in [3.05, 3.63) is 133 Å². The molecule has 1 radical (unpaired) electrons. The van der Waals surface area contributed by atoms with E-state index in [1.165, 1.54) is 35.6 Å². The van der Waals surface area contributed by atoms with Gasteiger partial charge in [-0.1, -0.05) is 27.7 Å². The molecule has 0 bridgehead atoms. The number of benzene rings is 5. The van der Waals surface area contributed by atoms with Crippen molar-refractivity contribution in [3.8, 4) is 22.8 Å². The van der Waals surface area contributed by atoms with Crippen LogP contribution in [0.4, 0.5) is 0 Å². The first-order chi connectivity index (χ1) is 26.4. The maximum Gasteiger partial charge on any atom is 0.162 e. The molecule has 1 aliphatic heterocycles. The second-order valence-electron chi connectivity index (χ2n) is 16.3. The minimum absolute atomic E-state index is 0. The summed E-state index contributed by atoms with van der Waals surface area (Å²) < 4.78 is 11.2. The van der Waals surface area contributed by atoms with Crippen LogP contribution < -0.4 is 17.9 Å². The smallest absolute Gasteiger partial charge is 0.162 e. The number of aliphatic hydroxyl groups excluding tert-OH is 1. The van der Waals surface area contributed by atoms with Crippen LogP contribution in [0.2, 0.25) is 5.76 Å².